The van der Waals surface area contributed by atoms with Gasteiger partial charge in [0, 0.05) is 64.6 Å². The molecule has 7 aromatic carbocycles. The molecule has 11 rings (SSSR count). The minimum absolute atomic E-state index is 0.404. The van der Waals surface area contributed by atoms with E-state index in [1.807, 2.05) is 11.3 Å². The number of hydrogen-bond acceptors (Lipinski definition) is 1. The summed E-state index contributed by atoms with van der Waals surface area (Å²) in [5.74, 6) is 0.404. The van der Waals surface area contributed by atoms with Crippen LogP contribution in [0, 0.1) is 0 Å². The van der Waals surface area contributed by atoms with Crippen molar-refractivity contribution in [1.82, 2.24) is 9.13 Å². The van der Waals surface area contributed by atoms with E-state index < -0.39 is 0 Å². The lowest BCUT2D eigenvalue weighted by atomic mass is 9.92. The van der Waals surface area contributed by atoms with Gasteiger partial charge < -0.3 is 9.13 Å². The normalized spacial score (nSPS) is 14.8. The third-order valence-electron chi connectivity index (χ3n) is 10.8. The monoisotopic (exact) mass is 668 g/mol. The van der Waals surface area contributed by atoms with Gasteiger partial charge in [-0.1, -0.05) is 121 Å². The average molecular weight is 669 g/mol. The van der Waals surface area contributed by atoms with Crippen LogP contribution in [0.4, 0.5) is 0 Å². The molecule has 0 radical (unpaired) electrons. The van der Waals surface area contributed by atoms with Crippen molar-refractivity contribution in [2.24, 2.45) is 0 Å². The van der Waals surface area contributed by atoms with Gasteiger partial charge >= 0.3 is 0 Å². The van der Waals surface area contributed by atoms with Gasteiger partial charge in [-0.05, 0) is 72.2 Å². The fourth-order valence-corrected chi connectivity index (χ4v) is 9.78. The maximum Gasteiger partial charge on any atom is 0.0634 e. The smallest absolute Gasteiger partial charge is 0.0634 e. The first-order valence-corrected chi connectivity index (χ1v) is 18.5. The molecular formula is C48H32N2S. The summed E-state index contributed by atoms with van der Waals surface area (Å²) < 4.78 is 7.57. The molecule has 3 aromatic heterocycles. The second-order valence-corrected chi connectivity index (χ2v) is 14.7. The first kappa shape index (κ1) is 28.7. The average Bonchev–Trinajstić information content (AvgIpc) is 3.86. The van der Waals surface area contributed by atoms with Crippen molar-refractivity contribution in [2.75, 3.05) is 0 Å². The number of allylic oxidation sites excluding steroid dienone is 4. The Bertz CT molecular complexity index is 3040. The van der Waals surface area contributed by atoms with Gasteiger partial charge in [-0.25, -0.2) is 0 Å². The van der Waals surface area contributed by atoms with E-state index in [1.54, 1.807) is 0 Å². The number of thiophene rings is 1. The fourth-order valence-electron chi connectivity index (χ4n) is 8.54. The first-order valence-electron chi connectivity index (χ1n) is 17.7. The van der Waals surface area contributed by atoms with E-state index in [0.29, 0.717) is 5.92 Å². The van der Waals surface area contributed by atoms with Gasteiger partial charge in [-0.15, -0.1) is 11.3 Å². The number of rotatable bonds is 4. The Morgan fingerprint density at radius 3 is 1.94 bits per heavy atom. The third-order valence-corrected chi connectivity index (χ3v) is 12.0. The zero-order chi connectivity index (χ0) is 33.5. The second kappa shape index (κ2) is 11.2. The van der Waals surface area contributed by atoms with Crippen molar-refractivity contribution in [1.29, 1.82) is 0 Å². The minimum Gasteiger partial charge on any atom is -0.310 e. The highest BCUT2D eigenvalue weighted by Crippen LogP contribution is 2.48. The lowest BCUT2D eigenvalue weighted by Gasteiger charge is -2.18. The van der Waals surface area contributed by atoms with Crippen molar-refractivity contribution < 1.29 is 0 Å². The Morgan fingerprint density at radius 2 is 1.18 bits per heavy atom. The van der Waals surface area contributed by atoms with E-state index in [9.17, 15) is 0 Å². The van der Waals surface area contributed by atoms with Gasteiger partial charge in [0.15, 0.2) is 0 Å². The summed E-state index contributed by atoms with van der Waals surface area (Å²) in [6, 6.07) is 57.9. The Labute approximate surface area is 299 Å². The van der Waals surface area contributed by atoms with Crippen LogP contribution < -0.4 is 0 Å². The van der Waals surface area contributed by atoms with Crippen molar-refractivity contribution >= 4 is 80.8 Å². The highest BCUT2D eigenvalue weighted by atomic mass is 32.1. The number of fused-ring (bicyclic) bond motifs is 10. The predicted molar refractivity (Wildman–Crippen MR) is 219 cm³/mol. The molecular weight excluding hydrogens is 637 g/mol. The van der Waals surface area contributed by atoms with E-state index >= 15 is 0 Å². The molecule has 240 valence electrons. The van der Waals surface area contributed by atoms with Crippen LogP contribution in [0.5, 0.6) is 0 Å². The maximum absolute atomic E-state index is 2.47. The first-order chi connectivity index (χ1) is 25.3. The second-order valence-electron chi connectivity index (χ2n) is 13.6. The van der Waals surface area contributed by atoms with E-state index in [2.05, 4.69) is 185 Å². The number of aromatic nitrogens is 2. The van der Waals surface area contributed by atoms with Crippen LogP contribution in [0.1, 0.15) is 17.9 Å². The predicted octanol–water partition coefficient (Wildman–Crippen LogP) is 13.5. The van der Waals surface area contributed by atoms with Crippen LogP contribution in [0.2, 0.25) is 0 Å². The van der Waals surface area contributed by atoms with Gasteiger partial charge in [0.1, 0.15) is 0 Å². The van der Waals surface area contributed by atoms with Crippen LogP contribution in [0.25, 0.3) is 86.3 Å². The number of nitrogens with zero attached hydrogens (tertiary/aromatic N) is 2. The van der Waals surface area contributed by atoms with Gasteiger partial charge in [0.2, 0.25) is 0 Å². The molecule has 0 saturated heterocycles. The van der Waals surface area contributed by atoms with Crippen molar-refractivity contribution in [3.63, 3.8) is 0 Å². The van der Waals surface area contributed by atoms with Crippen LogP contribution in [-0.2, 0) is 0 Å². The van der Waals surface area contributed by atoms with Crippen LogP contribution in [0.3, 0.4) is 0 Å². The Kier molecular flexibility index (Phi) is 6.28. The maximum atomic E-state index is 2.47. The van der Waals surface area contributed by atoms with Crippen molar-refractivity contribution in [2.45, 2.75) is 12.3 Å². The van der Waals surface area contributed by atoms with E-state index in [-0.39, 0.29) is 0 Å². The minimum atomic E-state index is 0.404. The molecule has 0 saturated carbocycles. The molecule has 0 aliphatic heterocycles. The lowest BCUT2D eigenvalue weighted by molar-refractivity contribution is 0.850. The number of para-hydroxylation sites is 3. The fraction of sp³-hybridized carbons (Fsp3) is 0.0417. The van der Waals surface area contributed by atoms with E-state index in [1.165, 1.54) is 91.9 Å². The quantitative estimate of drug-likeness (QED) is 0.177. The standard InChI is InChI=1S/C48H32N2S/c1-3-13-31(14-4-1)32-23-26-35(27-24-32)49-42-20-10-7-17-36(42)40-29-33(25-28-44(40)49)39-30-41-37-18-8-11-21-43(37)50(34-15-5-2-6-16-34)47(41)46-38-19-9-12-22-45(38)51-48(39)46/h1-23,25-30,32H,24H2. The summed E-state index contributed by atoms with van der Waals surface area (Å²) in [5, 5.41) is 7.76. The number of hydrogen-bond donors (Lipinski definition) is 0. The zero-order valence-corrected chi connectivity index (χ0v) is 28.6. The Balaban J connectivity index is 1.16. The zero-order valence-electron chi connectivity index (χ0n) is 27.8. The number of benzene rings is 7. The molecule has 0 amide bonds. The Hall–Kier alpha value is -6.16. The summed E-state index contributed by atoms with van der Waals surface area (Å²) in [6.07, 6.45) is 8.09. The summed E-state index contributed by atoms with van der Waals surface area (Å²) in [4.78, 5) is 0. The van der Waals surface area contributed by atoms with E-state index in [0.717, 1.165) is 6.42 Å². The molecule has 1 aliphatic carbocycles. The molecule has 1 aliphatic rings. The molecule has 1 atom stereocenters. The van der Waals surface area contributed by atoms with Crippen molar-refractivity contribution in [3.8, 4) is 16.8 Å². The summed E-state index contributed by atoms with van der Waals surface area (Å²) in [7, 11) is 0. The molecule has 0 spiro atoms. The highest BCUT2D eigenvalue weighted by Gasteiger charge is 2.23. The van der Waals surface area contributed by atoms with Crippen LogP contribution in [0.15, 0.2) is 176 Å². The van der Waals surface area contributed by atoms with Crippen LogP contribution >= 0.6 is 11.3 Å². The molecule has 3 heterocycles. The van der Waals surface area contributed by atoms with E-state index in [4.69, 9.17) is 0 Å². The highest BCUT2D eigenvalue weighted by molar-refractivity contribution is 7.26. The third kappa shape index (κ3) is 4.28. The molecule has 0 fully saturated rings. The molecule has 3 heteroatoms. The molecule has 0 bridgehead atoms. The summed E-state index contributed by atoms with van der Waals surface area (Å²) in [6.45, 7) is 0. The molecule has 1 unspecified atom stereocenters. The van der Waals surface area contributed by atoms with Gasteiger partial charge in [-0.3, -0.25) is 0 Å². The molecule has 2 nitrogen and oxygen atoms in total. The lowest BCUT2D eigenvalue weighted by Crippen LogP contribution is -2.02. The topological polar surface area (TPSA) is 9.86 Å². The summed E-state index contributed by atoms with van der Waals surface area (Å²) in [5.41, 5.74) is 11.3. The Morgan fingerprint density at radius 1 is 0.529 bits per heavy atom. The molecule has 10 aromatic rings. The molecule has 0 N–H and O–H groups in total. The van der Waals surface area contributed by atoms with Gasteiger partial charge in [0.05, 0.1) is 22.1 Å². The SMILES string of the molecule is C1=CC(c2ccccc2)CC=C1n1c2ccccc2c2cc(-c3cc4c5ccccc5n(-c5ccccc5)c4c4c3sc3ccccc34)ccc21. The molecule has 51 heavy (non-hydrogen) atoms. The largest absolute Gasteiger partial charge is 0.310 e. The van der Waals surface area contributed by atoms with Crippen LogP contribution in [-0.4, -0.2) is 9.13 Å². The summed E-state index contributed by atoms with van der Waals surface area (Å²) >= 11 is 1.91. The van der Waals surface area contributed by atoms with Gasteiger partial charge in [-0.2, -0.15) is 0 Å². The van der Waals surface area contributed by atoms with Gasteiger partial charge in [0.25, 0.3) is 0 Å². The van der Waals surface area contributed by atoms with Crippen molar-refractivity contribution in [3.05, 3.63) is 182 Å².